The highest BCUT2D eigenvalue weighted by atomic mass is 16.2. The monoisotopic (exact) mass is 351 g/mol. The summed E-state index contributed by atoms with van der Waals surface area (Å²) in [5, 5.41) is 8.63. The number of nitrogens with one attached hydrogen (secondary N) is 3. The number of carbonyl (C=O) groups is 2. The molecule has 1 fully saturated rings. The van der Waals surface area contributed by atoms with Crippen molar-refractivity contribution in [2.75, 3.05) is 17.2 Å². The van der Waals surface area contributed by atoms with Gasteiger partial charge in [-0.05, 0) is 49.1 Å². The van der Waals surface area contributed by atoms with Gasteiger partial charge < -0.3 is 16.0 Å². The van der Waals surface area contributed by atoms with Gasteiger partial charge in [-0.3, -0.25) is 4.79 Å². The number of amides is 3. The minimum atomic E-state index is -0.206. The molecule has 0 aromatic heterocycles. The van der Waals surface area contributed by atoms with Crippen LogP contribution in [0, 0.1) is 5.92 Å². The maximum atomic E-state index is 12.2. The fourth-order valence-electron chi connectivity index (χ4n) is 3.27. The molecule has 5 heteroatoms. The molecular weight excluding hydrogens is 326 g/mol. The van der Waals surface area contributed by atoms with Crippen LogP contribution < -0.4 is 16.0 Å². The van der Waals surface area contributed by atoms with E-state index in [0.29, 0.717) is 22.9 Å². The summed E-state index contributed by atoms with van der Waals surface area (Å²) >= 11 is 0. The molecule has 2 aromatic rings. The Morgan fingerprint density at radius 3 is 2.27 bits per heavy atom. The fourth-order valence-corrected chi connectivity index (χ4v) is 3.27. The van der Waals surface area contributed by atoms with E-state index < -0.39 is 0 Å². The zero-order chi connectivity index (χ0) is 18.2. The van der Waals surface area contributed by atoms with Crippen LogP contribution in [0.3, 0.4) is 0 Å². The van der Waals surface area contributed by atoms with E-state index in [0.717, 1.165) is 6.54 Å². The van der Waals surface area contributed by atoms with Crippen LogP contribution in [-0.4, -0.2) is 18.5 Å². The molecule has 0 radical (unpaired) electrons. The van der Waals surface area contributed by atoms with Crippen molar-refractivity contribution in [3.05, 3.63) is 60.2 Å². The molecule has 0 spiro atoms. The highest BCUT2D eigenvalue weighted by Gasteiger charge is 2.14. The number of rotatable bonds is 5. The summed E-state index contributed by atoms with van der Waals surface area (Å²) in [5.74, 6) is 0.412. The Morgan fingerprint density at radius 1 is 0.846 bits per heavy atom. The minimum absolute atomic E-state index is 0.176. The van der Waals surface area contributed by atoms with Crippen LogP contribution in [0.25, 0.3) is 0 Å². The van der Waals surface area contributed by atoms with Gasteiger partial charge in [0.25, 0.3) is 5.91 Å². The molecule has 0 bridgehead atoms. The third-order valence-corrected chi connectivity index (χ3v) is 4.69. The molecular formula is C21H25N3O2. The molecule has 0 heterocycles. The molecule has 136 valence electrons. The van der Waals surface area contributed by atoms with Crippen molar-refractivity contribution in [2.24, 2.45) is 5.92 Å². The lowest BCUT2D eigenvalue weighted by Gasteiger charge is -2.21. The van der Waals surface area contributed by atoms with E-state index in [1.165, 1.54) is 32.1 Å². The van der Waals surface area contributed by atoms with Gasteiger partial charge in [0.05, 0.1) is 0 Å². The van der Waals surface area contributed by atoms with Crippen molar-refractivity contribution in [1.82, 2.24) is 5.32 Å². The summed E-state index contributed by atoms with van der Waals surface area (Å²) in [4.78, 5) is 24.3. The lowest BCUT2D eigenvalue weighted by Crippen LogP contribution is -2.33. The zero-order valence-electron chi connectivity index (χ0n) is 14.8. The fraction of sp³-hybridized carbons (Fsp3) is 0.333. The predicted octanol–water partition coefficient (Wildman–Crippen LogP) is 4.64. The topological polar surface area (TPSA) is 70.2 Å². The maximum absolute atomic E-state index is 12.2. The first kappa shape index (κ1) is 18.0. The number of anilines is 2. The SMILES string of the molecule is O=C(NCC1CCCCC1)Nc1cccc(NC(=O)c2ccccc2)c1. The molecule has 5 nitrogen and oxygen atoms in total. The lowest BCUT2D eigenvalue weighted by molar-refractivity contribution is 0.102. The Bertz CT molecular complexity index is 740. The van der Waals surface area contributed by atoms with Gasteiger partial charge in [0, 0.05) is 23.5 Å². The Balaban J connectivity index is 1.51. The average molecular weight is 351 g/mol. The number of hydrogen-bond acceptors (Lipinski definition) is 2. The van der Waals surface area contributed by atoms with Crippen LogP contribution >= 0.6 is 0 Å². The average Bonchev–Trinajstić information content (AvgIpc) is 2.68. The van der Waals surface area contributed by atoms with Crippen molar-refractivity contribution in [1.29, 1.82) is 0 Å². The number of benzene rings is 2. The van der Waals surface area contributed by atoms with E-state index in [4.69, 9.17) is 0 Å². The third kappa shape index (κ3) is 5.34. The molecule has 3 amide bonds. The molecule has 1 aliphatic carbocycles. The third-order valence-electron chi connectivity index (χ3n) is 4.69. The largest absolute Gasteiger partial charge is 0.338 e. The van der Waals surface area contributed by atoms with Crippen molar-refractivity contribution in [2.45, 2.75) is 32.1 Å². The second-order valence-corrected chi connectivity index (χ2v) is 6.74. The highest BCUT2D eigenvalue weighted by Crippen LogP contribution is 2.22. The first-order valence-electron chi connectivity index (χ1n) is 9.22. The van der Waals surface area contributed by atoms with E-state index in [1.807, 2.05) is 18.2 Å². The summed E-state index contributed by atoms with van der Waals surface area (Å²) in [6.07, 6.45) is 6.22. The van der Waals surface area contributed by atoms with Crippen molar-refractivity contribution >= 4 is 23.3 Å². The normalized spacial score (nSPS) is 14.5. The van der Waals surface area contributed by atoms with E-state index in [9.17, 15) is 9.59 Å². The molecule has 0 saturated heterocycles. The second kappa shape index (κ2) is 9.04. The van der Waals surface area contributed by atoms with Gasteiger partial charge >= 0.3 is 6.03 Å². The summed E-state index contributed by atoms with van der Waals surface area (Å²) < 4.78 is 0. The zero-order valence-corrected chi connectivity index (χ0v) is 14.8. The molecule has 26 heavy (non-hydrogen) atoms. The van der Waals surface area contributed by atoms with E-state index in [1.54, 1.807) is 36.4 Å². The van der Waals surface area contributed by atoms with Crippen molar-refractivity contribution in [3.8, 4) is 0 Å². The van der Waals surface area contributed by atoms with Gasteiger partial charge in [-0.1, -0.05) is 43.5 Å². The molecule has 0 aliphatic heterocycles. The highest BCUT2D eigenvalue weighted by molar-refractivity contribution is 6.04. The van der Waals surface area contributed by atoms with Crippen molar-refractivity contribution < 1.29 is 9.59 Å². The summed E-state index contributed by atoms with van der Waals surface area (Å²) in [7, 11) is 0. The quantitative estimate of drug-likeness (QED) is 0.734. The van der Waals surface area contributed by atoms with Crippen molar-refractivity contribution in [3.63, 3.8) is 0 Å². The molecule has 0 unspecified atom stereocenters. The summed E-state index contributed by atoms with van der Waals surface area (Å²) in [6, 6.07) is 16.0. The predicted molar refractivity (Wildman–Crippen MR) is 104 cm³/mol. The van der Waals surface area contributed by atoms with Gasteiger partial charge in [-0.15, -0.1) is 0 Å². The van der Waals surface area contributed by atoms with E-state index in [-0.39, 0.29) is 11.9 Å². The Hall–Kier alpha value is -2.82. The van der Waals surface area contributed by atoms with Gasteiger partial charge in [0.15, 0.2) is 0 Å². The van der Waals surface area contributed by atoms with E-state index in [2.05, 4.69) is 16.0 Å². The van der Waals surface area contributed by atoms with Crippen LogP contribution in [0.4, 0.5) is 16.2 Å². The lowest BCUT2D eigenvalue weighted by atomic mass is 9.89. The van der Waals surface area contributed by atoms with Crippen LogP contribution in [0.15, 0.2) is 54.6 Å². The van der Waals surface area contributed by atoms with Crippen LogP contribution in [0.1, 0.15) is 42.5 Å². The number of hydrogen-bond donors (Lipinski definition) is 3. The molecule has 1 saturated carbocycles. The number of carbonyl (C=O) groups excluding carboxylic acids is 2. The molecule has 3 rings (SSSR count). The Kier molecular flexibility index (Phi) is 6.25. The van der Waals surface area contributed by atoms with Gasteiger partial charge in [-0.2, -0.15) is 0 Å². The standard InChI is InChI=1S/C21H25N3O2/c25-20(17-10-5-2-6-11-17)23-18-12-7-13-19(14-18)24-21(26)22-15-16-8-3-1-4-9-16/h2,5-7,10-14,16H,1,3-4,8-9,15H2,(H,23,25)(H2,22,24,26). The molecule has 0 atom stereocenters. The smallest absolute Gasteiger partial charge is 0.319 e. The van der Waals surface area contributed by atoms with Gasteiger partial charge in [0.2, 0.25) is 0 Å². The first-order valence-corrected chi connectivity index (χ1v) is 9.22. The molecule has 2 aromatic carbocycles. The van der Waals surface area contributed by atoms with Gasteiger partial charge in [-0.25, -0.2) is 4.79 Å². The molecule has 3 N–H and O–H groups in total. The van der Waals surface area contributed by atoms with Gasteiger partial charge in [0.1, 0.15) is 0 Å². The summed E-state index contributed by atoms with van der Waals surface area (Å²) in [6.45, 7) is 0.719. The summed E-state index contributed by atoms with van der Waals surface area (Å²) in [5.41, 5.74) is 1.89. The van der Waals surface area contributed by atoms with Crippen LogP contribution in [0.2, 0.25) is 0 Å². The maximum Gasteiger partial charge on any atom is 0.319 e. The second-order valence-electron chi connectivity index (χ2n) is 6.74. The van der Waals surface area contributed by atoms with Crippen LogP contribution in [0.5, 0.6) is 0 Å². The van der Waals surface area contributed by atoms with E-state index >= 15 is 0 Å². The molecule has 1 aliphatic rings. The van der Waals surface area contributed by atoms with Crippen LogP contribution in [-0.2, 0) is 0 Å². The Labute approximate surface area is 154 Å². The first-order chi connectivity index (χ1) is 12.7. The Morgan fingerprint density at radius 2 is 1.54 bits per heavy atom. The minimum Gasteiger partial charge on any atom is -0.338 e. The number of urea groups is 1.